The van der Waals surface area contributed by atoms with Crippen LogP contribution in [0.25, 0.3) is 22.3 Å². The van der Waals surface area contributed by atoms with Gasteiger partial charge in [-0.15, -0.1) is 9.97 Å². The van der Waals surface area contributed by atoms with Gasteiger partial charge in [-0.1, -0.05) is 0 Å². The zero-order chi connectivity index (χ0) is 12.2. The highest BCUT2D eigenvalue weighted by molar-refractivity contribution is 5.65. The van der Waals surface area contributed by atoms with Crippen molar-refractivity contribution in [2.45, 2.75) is 0 Å². The Kier molecular flexibility index (Phi) is 5.89. The maximum atomic E-state index is 4.05. The Morgan fingerprint density at radius 1 is 0.750 bits per heavy atom. The van der Waals surface area contributed by atoms with Crippen molar-refractivity contribution in [3.05, 3.63) is 49.3 Å². The average molecular weight is 311 g/mol. The number of rotatable bonds is 0. The fraction of sp³-hybridized carbons (Fsp3) is 0. The van der Waals surface area contributed by atoms with Crippen molar-refractivity contribution in [1.82, 2.24) is 19.9 Å². The SMILES string of the molecule is [Cl-].[Cl-].c1cnc2[nH+]c[nH]c2c1.c1cnc2[nH+]c[nH]c2c1. The summed E-state index contributed by atoms with van der Waals surface area (Å²) in [5.41, 5.74) is 3.88. The Balaban J connectivity index is 0.000000182. The largest absolute Gasteiger partial charge is 1.00 e. The molecule has 0 amide bonds. The second-order valence-electron chi connectivity index (χ2n) is 3.67. The van der Waals surface area contributed by atoms with Crippen molar-refractivity contribution in [2.24, 2.45) is 0 Å². The molecule has 0 aliphatic heterocycles. The molecule has 0 radical (unpaired) electrons. The third-order valence-electron chi connectivity index (χ3n) is 2.49. The van der Waals surface area contributed by atoms with Gasteiger partial charge in [-0.2, -0.15) is 0 Å². The molecular formula is C12H12Cl2N6. The van der Waals surface area contributed by atoms with E-state index in [9.17, 15) is 0 Å². The number of hydrogen-bond donors (Lipinski definition) is 2. The molecule has 8 heteroatoms. The highest BCUT2D eigenvalue weighted by atomic mass is 35.5. The number of imidazole rings is 2. The molecule has 0 unspecified atom stereocenters. The second kappa shape index (κ2) is 7.42. The molecule has 0 saturated carbocycles. The van der Waals surface area contributed by atoms with Crippen LogP contribution in [-0.2, 0) is 0 Å². The van der Waals surface area contributed by atoms with Gasteiger partial charge >= 0.3 is 0 Å². The first kappa shape index (κ1) is 15.9. The van der Waals surface area contributed by atoms with Gasteiger partial charge in [-0.05, 0) is 24.3 Å². The molecule has 0 saturated heterocycles. The van der Waals surface area contributed by atoms with Crippen molar-refractivity contribution < 1.29 is 34.8 Å². The normalized spacial score (nSPS) is 9.20. The number of fused-ring (bicyclic) bond motifs is 2. The fourth-order valence-electron chi connectivity index (χ4n) is 1.64. The monoisotopic (exact) mass is 310 g/mol. The summed E-state index contributed by atoms with van der Waals surface area (Å²) in [6.07, 6.45) is 7.04. The van der Waals surface area contributed by atoms with E-state index in [1.807, 2.05) is 24.3 Å². The van der Waals surface area contributed by atoms with Crippen LogP contribution in [0.15, 0.2) is 49.3 Å². The van der Waals surface area contributed by atoms with Crippen molar-refractivity contribution in [3.8, 4) is 0 Å². The lowest BCUT2D eigenvalue weighted by atomic mass is 10.4. The standard InChI is InChI=1S/2C6H5N3.2ClH/c2*1-2-5-6(7-3-1)9-4-8-5;;/h2*1-4H,(H,7,8,9);2*1H. The number of nitrogens with one attached hydrogen (secondary N) is 4. The first-order chi connectivity index (χ1) is 8.93. The van der Waals surface area contributed by atoms with Crippen LogP contribution in [0.5, 0.6) is 0 Å². The molecule has 4 heterocycles. The maximum absolute atomic E-state index is 4.05. The van der Waals surface area contributed by atoms with E-state index >= 15 is 0 Å². The Morgan fingerprint density at radius 3 is 1.60 bits per heavy atom. The summed E-state index contributed by atoms with van der Waals surface area (Å²) in [6.45, 7) is 0. The van der Waals surface area contributed by atoms with Gasteiger partial charge in [0.2, 0.25) is 0 Å². The van der Waals surface area contributed by atoms with E-state index < -0.39 is 0 Å². The average Bonchev–Trinajstić information content (AvgIpc) is 3.08. The molecular weight excluding hydrogens is 299 g/mol. The number of pyridine rings is 2. The molecule has 0 aliphatic rings. The van der Waals surface area contributed by atoms with E-state index in [-0.39, 0.29) is 24.8 Å². The van der Waals surface area contributed by atoms with Gasteiger partial charge < -0.3 is 24.8 Å². The molecule has 0 fully saturated rings. The zero-order valence-electron chi connectivity index (χ0n) is 10.3. The third kappa shape index (κ3) is 3.43. The minimum atomic E-state index is 0. The van der Waals surface area contributed by atoms with Gasteiger partial charge in [0.25, 0.3) is 11.3 Å². The van der Waals surface area contributed by atoms with E-state index in [1.54, 1.807) is 25.0 Å². The summed E-state index contributed by atoms with van der Waals surface area (Å²) in [7, 11) is 0. The number of aromatic amines is 4. The minimum absolute atomic E-state index is 0. The molecule has 4 aromatic rings. The topological polar surface area (TPSA) is 85.6 Å². The number of hydrogen-bond acceptors (Lipinski definition) is 2. The Morgan fingerprint density at radius 2 is 1.20 bits per heavy atom. The Hall–Kier alpha value is -2.18. The lowest BCUT2D eigenvalue weighted by Gasteiger charge is -1.73. The molecule has 4 N–H and O–H groups in total. The van der Waals surface area contributed by atoms with Crippen LogP contribution < -0.4 is 34.8 Å². The summed E-state index contributed by atoms with van der Waals surface area (Å²) in [4.78, 5) is 20.0. The lowest BCUT2D eigenvalue weighted by Crippen LogP contribution is -3.00. The predicted molar refractivity (Wildman–Crippen MR) is 65.3 cm³/mol. The third-order valence-corrected chi connectivity index (χ3v) is 2.49. The maximum Gasteiger partial charge on any atom is 0.299 e. The van der Waals surface area contributed by atoms with Gasteiger partial charge in [0.1, 0.15) is 12.4 Å². The van der Waals surface area contributed by atoms with E-state index in [0.717, 1.165) is 22.3 Å². The van der Waals surface area contributed by atoms with Crippen LogP contribution in [0, 0.1) is 0 Å². The molecule has 4 aromatic heterocycles. The molecule has 0 atom stereocenters. The van der Waals surface area contributed by atoms with Crippen molar-refractivity contribution in [2.75, 3.05) is 0 Å². The van der Waals surface area contributed by atoms with Crippen molar-refractivity contribution >= 4 is 22.3 Å². The van der Waals surface area contributed by atoms with E-state index in [2.05, 4.69) is 29.9 Å². The van der Waals surface area contributed by atoms with Gasteiger partial charge in [0.15, 0.2) is 23.7 Å². The van der Waals surface area contributed by atoms with Crippen LogP contribution in [0.1, 0.15) is 0 Å². The van der Waals surface area contributed by atoms with Crippen LogP contribution >= 0.6 is 0 Å². The number of halogens is 2. The molecule has 4 rings (SSSR count). The molecule has 0 spiro atoms. The number of nitrogens with zero attached hydrogens (tertiary/aromatic N) is 2. The predicted octanol–water partition coefficient (Wildman–Crippen LogP) is -5.24. The Labute approximate surface area is 126 Å². The number of aromatic nitrogens is 6. The van der Waals surface area contributed by atoms with Gasteiger partial charge in [-0.3, -0.25) is 9.97 Å². The molecule has 6 nitrogen and oxygen atoms in total. The quantitative estimate of drug-likeness (QED) is 0.340. The highest BCUT2D eigenvalue weighted by Crippen LogP contribution is 1.98. The second-order valence-corrected chi connectivity index (χ2v) is 3.67. The van der Waals surface area contributed by atoms with E-state index in [1.165, 1.54) is 0 Å². The number of H-pyrrole nitrogens is 4. The smallest absolute Gasteiger partial charge is 0.299 e. The Bertz CT molecular complexity index is 640. The van der Waals surface area contributed by atoms with Gasteiger partial charge in [0.05, 0.1) is 0 Å². The first-order valence-electron chi connectivity index (χ1n) is 5.53. The van der Waals surface area contributed by atoms with Crippen LogP contribution in [0.2, 0.25) is 0 Å². The fourth-order valence-corrected chi connectivity index (χ4v) is 1.64. The van der Waals surface area contributed by atoms with Crippen LogP contribution in [0.4, 0.5) is 0 Å². The van der Waals surface area contributed by atoms with E-state index in [0.29, 0.717) is 0 Å². The van der Waals surface area contributed by atoms with Crippen LogP contribution in [-0.4, -0.2) is 19.9 Å². The minimum Gasteiger partial charge on any atom is -1.00 e. The molecule has 0 aliphatic carbocycles. The molecule has 20 heavy (non-hydrogen) atoms. The summed E-state index contributed by atoms with van der Waals surface area (Å²) < 4.78 is 0. The summed E-state index contributed by atoms with van der Waals surface area (Å²) in [6, 6.07) is 7.73. The van der Waals surface area contributed by atoms with E-state index in [4.69, 9.17) is 0 Å². The first-order valence-corrected chi connectivity index (χ1v) is 5.53. The molecule has 0 bridgehead atoms. The molecule has 104 valence electrons. The summed E-state index contributed by atoms with van der Waals surface area (Å²) in [5.74, 6) is 0. The zero-order valence-corrected chi connectivity index (χ0v) is 11.8. The van der Waals surface area contributed by atoms with Gasteiger partial charge in [-0.25, -0.2) is 9.97 Å². The van der Waals surface area contributed by atoms with Crippen molar-refractivity contribution in [3.63, 3.8) is 0 Å². The summed E-state index contributed by atoms with van der Waals surface area (Å²) in [5, 5.41) is 0. The lowest BCUT2D eigenvalue weighted by molar-refractivity contribution is -0.347. The highest BCUT2D eigenvalue weighted by Gasteiger charge is 1.98. The van der Waals surface area contributed by atoms with Crippen LogP contribution in [0.3, 0.4) is 0 Å². The molecule has 0 aromatic carbocycles. The summed E-state index contributed by atoms with van der Waals surface area (Å²) >= 11 is 0. The van der Waals surface area contributed by atoms with Crippen molar-refractivity contribution in [1.29, 1.82) is 0 Å². The van der Waals surface area contributed by atoms with Gasteiger partial charge in [0, 0.05) is 0 Å².